The van der Waals surface area contributed by atoms with Crippen LogP contribution in [0.3, 0.4) is 0 Å². The van der Waals surface area contributed by atoms with Crippen LogP contribution >= 0.6 is 7.92 Å². The van der Waals surface area contributed by atoms with E-state index in [0.717, 1.165) is 5.66 Å². The summed E-state index contributed by atoms with van der Waals surface area (Å²) in [6, 6.07) is 0. The van der Waals surface area contributed by atoms with Crippen molar-refractivity contribution in [3.8, 4) is 0 Å². The summed E-state index contributed by atoms with van der Waals surface area (Å²) >= 11 is 0. The van der Waals surface area contributed by atoms with E-state index in [0.29, 0.717) is 10.6 Å². The minimum absolute atomic E-state index is 0.221. The predicted molar refractivity (Wildman–Crippen MR) is 98.8 cm³/mol. The van der Waals surface area contributed by atoms with Gasteiger partial charge in [0.2, 0.25) is 0 Å². The van der Waals surface area contributed by atoms with Crippen molar-refractivity contribution in [1.29, 1.82) is 0 Å². The van der Waals surface area contributed by atoms with Crippen LogP contribution in [0.1, 0.15) is 105 Å². The van der Waals surface area contributed by atoms with E-state index in [2.05, 4.69) is 27.7 Å². The lowest BCUT2D eigenvalue weighted by Crippen LogP contribution is -2.45. The maximum atomic E-state index is 2.71. The molecule has 21 heavy (non-hydrogen) atoms. The normalized spacial score (nSPS) is 32.0. The fourth-order valence-electron chi connectivity index (χ4n) is 4.93. The topological polar surface area (TPSA) is 0 Å². The van der Waals surface area contributed by atoms with Crippen LogP contribution in [0.15, 0.2) is 0 Å². The summed E-state index contributed by atoms with van der Waals surface area (Å²) in [7, 11) is 0.221. The van der Waals surface area contributed by atoms with E-state index in [9.17, 15) is 0 Å². The zero-order valence-corrected chi connectivity index (χ0v) is 16.1. The summed E-state index contributed by atoms with van der Waals surface area (Å²) in [5.41, 5.74) is 1.69. The van der Waals surface area contributed by atoms with Crippen molar-refractivity contribution in [2.45, 2.75) is 116 Å². The molecule has 1 heteroatoms. The Balaban J connectivity index is 2.15. The van der Waals surface area contributed by atoms with Gasteiger partial charge in [0.05, 0.1) is 0 Å². The first-order valence-electron chi connectivity index (χ1n) is 9.78. The van der Waals surface area contributed by atoms with Crippen LogP contribution in [0.2, 0.25) is 0 Å². The van der Waals surface area contributed by atoms with Gasteiger partial charge < -0.3 is 0 Å². The Kier molecular flexibility index (Phi) is 6.61. The Morgan fingerprint density at radius 3 is 2.14 bits per heavy atom. The van der Waals surface area contributed by atoms with Crippen LogP contribution in [-0.2, 0) is 0 Å². The Morgan fingerprint density at radius 2 is 1.52 bits per heavy atom. The molecule has 0 radical (unpaired) electrons. The molecule has 0 amide bonds. The molecular weight excluding hydrogens is 271 g/mol. The van der Waals surface area contributed by atoms with Crippen LogP contribution in [0.25, 0.3) is 0 Å². The van der Waals surface area contributed by atoms with E-state index in [-0.39, 0.29) is 7.92 Å². The number of unbranched alkanes of at least 4 members (excludes halogenated alkanes) is 2. The average Bonchev–Trinajstić information content (AvgIpc) is 2.48. The Bertz CT molecular complexity index is 303. The zero-order valence-electron chi connectivity index (χ0n) is 15.2. The van der Waals surface area contributed by atoms with E-state index in [1.54, 1.807) is 19.0 Å². The van der Waals surface area contributed by atoms with E-state index in [1.165, 1.54) is 64.2 Å². The van der Waals surface area contributed by atoms with Crippen molar-refractivity contribution >= 4 is 7.92 Å². The highest BCUT2D eigenvalue weighted by atomic mass is 31.1. The van der Waals surface area contributed by atoms with Gasteiger partial charge in [-0.15, -0.1) is 0 Å². The first kappa shape index (κ1) is 17.8. The summed E-state index contributed by atoms with van der Waals surface area (Å²) in [6.45, 7) is 10.3. The Morgan fingerprint density at radius 1 is 0.857 bits per heavy atom. The minimum atomic E-state index is 0.221. The van der Waals surface area contributed by atoms with Crippen molar-refractivity contribution < 1.29 is 0 Å². The lowest BCUT2D eigenvalue weighted by Gasteiger charge is -2.56. The monoisotopic (exact) mass is 310 g/mol. The van der Waals surface area contributed by atoms with E-state index < -0.39 is 0 Å². The van der Waals surface area contributed by atoms with Crippen molar-refractivity contribution in [3.05, 3.63) is 0 Å². The largest absolute Gasteiger partial charge is 0.0969 e. The molecular formula is C20H39P. The predicted octanol–water partition coefficient (Wildman–Crippen LogP) is 7.35. The molecule has 0 aliphatic heterocycles. The van der Waals surface area contributed by atoms with Gasteiger partial charge >= 0.3 is 0 Å². The van der Waals surface area contributed by atoms with Gasteiger partial charge in [-0.1, -0.05) is 80.6 Å². The molecule has 0 aromatic rings. The standard InChI is InChI=1S/C20H39P/c1-5-6-12-17-21(18-13-8-7-9-14-18)20(4)16-11-10-15-19(20,2)3/h18H,5-17H2,1-4H3. The minimum Gasteiger partial charge on any atom is -0.0969 e. The Hall–Kier alpha value is 0.430. The highest BCUT2D eigenvalue weighted by molar-refractivity contribution is 7.60. The second-order valence-corrected chi connectivity index (χ2v) is 11.7. The summed E-state index contributed by atoms with van der Waals surface area (Å²) in [5, 5.41) is 0.663. The second-order valence-electron chi connectivity index (χ2n) is 8.56. The first-order valence-corrected chi connectivity index (χ1v) is 11.4. The lowest BCUT2D eigenvalue weighted by atomic mass is 9.69. The number of hydrogen-bond acceptors (Lipinski definition) is 0. The molecule has 0 N–H and O–H groups in total. The van der Waals surface area contributed by atoms with E-state index >= 15 is 0 Å². The van der Waals surface area contributed by atoms with Crippen LogP contribution in [0, 0.1) is 5.41 Å². The summed E-state index contributed by atoms with van der Waals surface area (Å²) in [6.07, 6.45) is 19.6. The van der Waals surface area contributed by atoms with Gasteiger partial charge in [0.25, 0.3) is 0 Å². The van der Waals surface area contributed by atoms with Crippen molar-refractivity contribution in [2.24, 2.45) is 5.41 Å². The van der Waals surface area contributed by atoms with Crippen LogP contribution in [0.4, 0.5) is 0 Å². The molecule has 0 heterocycles. The molecule has 2 aliphatic rings. The summed E-state index contributed by atoms with van der Waals surface area (Å²) in [4.78, 5) is 0. The van der Waals surface area contributed by atoms with Gasteiger partial charge in [-0.05, 0) is 54.5 Å². The Labute approximate surface area is 135 Å². The summed E-state index contributed by atoms with van der Waals surface area (Å²) in [5.74, 6) is 0. The third-order valence-corrected chi connectivity index (χ3v) is 11.1. The van der Waals surface area contributed by atoms with Crippen molar-refractivity contribution in [2.75, 3.05) is 6.16 Å². The molecule has 2 aliphatic carbocycles. The van der Waals surface area contributed by atoms with Gasteiger partial charge in [0.15, 0.2) is 0 Å². The van der Waals surface area contributed by atoms with Crippen LogP contribution in [-0.4, -0.2) is 17.0 Å². The van der Waals surface area contributed by atoms with Gasteiger partial charge in [-0.2, -0.15) is 0 Å². The van der Waals surface area contributed by atoms with E-state index in [1.807, 2.05) is 0 Å². The third kappa shape index (κ3) is 4.04. The van der Waals surface area contributed by atoms with Crippen LogP contribution < -0.4 is 0 Å². The number of hydrogen-bond donors (Lipinski definition) is 0. The molecule has 2 unspecified atom stereocenters. The van der Waals surface area contributed by atoms with Gasteiger partial charge in [-0.3, -0.25) is 0 Å². The quantitative estimate of drug-likeness (QED) is 0.355. The summed E-state index contributed by atoms with van der Waals surface area (Å²) < 4.78 is 0. The second kappa shape index (κ2) is 7.81. The molecule has 2 saturated carbocycles. The molecule has 0 aromatic heterocycles. The third-order valence-electron chi connectivity index (χ3n) is 6.83. The highest BCUT2D eigenvalue weighted by Crippen LogP contribution is 2.68. The molecule has 0 bridgehead atoms. The fraction of sp³-hybridized carbons (Fsp3) is 1.00. The first-order chi connectivity index (χ1) is 10.0. The maximum absolute atomic E-state index is 2.71. The molecule has 2 rings (SSSR count). The zero-order chi connectivity index (χ0) is 15.3. The van der Waals surface area contributed by atoms with E-state index in [4.69, 9.17) is 0 Å². The number of rotatable bonds is 6. The molecule has 2 atom stereocenters. The van der Waals surface area contributed by atoms with Gasteiger partial charge in [-0.25, -0.2) is 0 Å². The van der Waals surface area contributed by atoms with Crippen molar-refractivity contribution in [3.63, 3.8) is 0 Å². The molecule has 0 saturated heterocycles. The highest BCUT2D eigenvalue weighted by Gasteiger charge is 2.49. The maximum Gasteiger partial charge on any atom is -0.00691 e. The van der Waals surface area contributed by atoms with Crippen molar-refractivity contribution in [1.82, 2.24) is 0 Å². The SMILES string of the molecule is CCCCCP(C1CCCCC1)C1(C)CCCCC1(C)C. The molecule has 0 aromatic carbocycles. The fourth-order valence-corrected chi connectivity index (χ4v) is 9.49. The molecule has 0 spiro atoms. The smallest absolute Gasteiger partial charge is 0.00691 e. The molecule has 2 fully saturated rings. The van der Waals surface area contributed by atoms with Gasteiger partial charge in [0, 0.05) is 0 Å². The average molecular weight is 311 g/mol. The van der Waals surface area contributed by atoms with Gasteiger partial charge in [0.1, 0.15) is 0 Å². The lowest BCUT2D eigenvalue weighted by molar-refractivity contribution is 0.178. The molecule has 124 valence electrons. The molecule has 0 nitrogen and oxygen atoms in total. The van der Waals surface area contributed by atoms with Crippen LogP contribution in [0.5, 0.6) is 0 Å².